The summed E-state index contributed by atoms with van der Waals surface area (Å²) in [4.78, 5) is 25.5. The molecular formula is C15H18ClFN2O3. The van der Waals surface area contributed by atoms with Gasteiger partial charge in [-0.25, -0.2) is 9.18 Å². The normalized spacial score (nSPS) is 18.0. The highest BCUT2D eigenvalue weighted by molar-refractivity contribution is 6.30. The highest BCUT2D eigenvalue weighted by atomic mass is 35.5. The maximum absolute atomic E-state index is 13.7. The second kappa shape index (κ2) is 7.45. The van der Waals surface area contributed by atoms with Gasteiger partial charge in [0.05, 0.1) is 18.2 Å². The van der Waals surface area contributed by atoms with Crippen LogP contribution in [-0.4, -0.2) is 36.6 Å². The first kappa shape index (κ1) is 16.5. The minimum atomic E-state index is -0.584. The quantitative estimate of drug-likeness (QED) is 0.926. The van der Waals surface area contributed by atoms with Crippen LogP contribution in [-0.2, 0) is 9.53 Å². The second-order valence-corrected chi connectivity index (χ2v) is 5.53. The van der Waals surface area contributed by atoms with Crippen molar-refractivity contribution >= 4 is 29.3 Å². The van der Waals surface area contributed by atoms with E-state index in [0.29, 0.717) is 26.0 Å². The van der Waals surface area contributed by atoms with Gasteiger partial charge in [0.15, 0.2) is 0 Å². The number of piperidine rings is 1. The molecule has 1 atom stereocenters. The lowest BCUT2D eigenvalue weighted by molar-refractivity contribution is -0.121. The molecule has 0 bridgehead atoms. The molecule has 1 heterocycles. The van der Waals surface area contributed by atoms with Gasteiger partial charge in [-0.3, -0.25) is 4.79 Å². The Morgan fingerprint density at radius 3 is 2.95 bits per heavy atom. The highest BCUT2D eigenvalue weighted by Crippen LogP contribution is 2.22. The maximum Gasteiger partial charge on any atom is 0.409 e. The number of amides is 2. The van der Waals surface area contributed by atoms with Crippen molar-refractivity contribution in [1.82, 2.24) is 4.90 Å². The summed E-state index contributed by atoms with van der Waals surface area (Å²) >= 11 is 5.68. The van der Waals surface area contributed by atoms with Crippen molar-refractivity contribution in [2.24, 2.45) is 5.92 Å². The SMILES string of the molecule is CCOC(=O)N1CCCC(C(=O)Nc2ccc(Cl)cc2F)C1. The van der Waals surface area contributed by atoms with E-state index >= 15 is 0 Å². The van der Waals surface area contributed by atoms with E-state index < -0.39 is 11.9 Å². The van der Waals surface area contributed by atoms with Crippen LogP contribution in [0.15, 0.2) is 18.2 Å². The average molecular weight is 329 g/mol. The van der Waals surface area contributed by atoms with Gasteiger partial charge in [0.25, 0.3) is 0 Å². The number of anilines is 1. The number of nitrogens with zero attached hydrogens (tertiary/aromatic N) is 1. The number of carbonyl (C=O) groups excluding carboxylic acids is 2. The lowest BCUT2D eigenvalue weighted by Crippen LogP contribution is -2.44. The van der Waals surface area contributed by atoms with Crippen molar-refractivity contribution < 1.29 is 18.7 Å². The molecule has 2 rings (SSSR count). The van der Waals surface area contributed by atoms with Crippen LogP contribution in [0.25, 0.3) is 0 Å². The Morgan fingerprint density at radius 1 is 1.50 bits per heavy atom. The summed E-state index contributed by atoms with van der Waals surface area (Å²) in [7, 11) is 0. The van der Waals surface area contributed by atoms with E-state index in [0.717, 1.165) is 6.07 Å². The van der Waals surface area contributed by atoms with E-state index in [1.54, 1.807) is 6.92 Å². The summed E-state index contributed by atoms with van der Waals surface area (Å²) in [5.74, 6) is -1.28. The van der Waals surface area contributed by atoms with Gasteiger partial charge >= 0.3 is 6.09 Å². The Morgan fingerprint density at radius 2 is 2.27 bits per heavy atom. The third-order valence-electron chi connectivity index (χ3n) is 3.51. The molecule has 1 aliphatic heterocycles. The molecule has 0 aromatic heterocycles. The number of halogens is 2. The van der Waals surface area contributed by atoms with Crippen LogP contribution in [0, 0.1) is 11.7 Å². The molecule has 0 spiro atoms. The molecule has 0 aliphatic carbocycles. The minimum absolute atomic E-state index is 0.0858. The molecule has 1 aliphatic rings. The summed E-state index contributed by atoms with van der Waals surface area (Å²) in [6.45, 7) is 2.87. The molecule has 1 fully saturated rings. The molecule has 1 saturated heterocycles. The second-order valence-electron chi connectivity index (χ2n) is 5.10. The number of rotatable bonds is 3. The Labute approximate surface area is 133 Å². The van der Waals surface area contributed by atoms with Crippen molar-refractivity contribution in [3.05, 3.63) is 29.0 Å². The molecule has 120 valence electrons. The van der Waals surface area contributed by atoms with Crippen LogP contribution >= 0.6 is 11.6 Å². The summed E-state index contributed by atoms with van der Waals surface area (Å²) in [5.41, 5.74) is 0.0858. The maximum atomic E-state index is 13.7. The molecule has 1 aromatic rings. The van der Waals surface area contributed by atoms with Crippen molar-refractivity contribution in [3.8, 4) is 0 Å². The van der Waals surface area contributed by atoms with E-state index in [9.17, 15) is 14.0 Å². The van der Waals surface area contributed by atoms with Gasteiger partial charge in [0.1, 0.15) is 5.82 Å². The summed E-state index contributed by atoms with van der Waals surface area (Å²) in [6.07, 6.45) is 0.939. The number of ether oxygens (including phenoxy) is 1. The van der Waals surface area contributed by atoms with Crippen molar-refractivity contribution in [1.29, 1.82) is 0 Å². The van der Waals surface area contributed by atoms with E-state index in [4.69, 9.17) is 16.3 Å². The Hall–Kier alpha value is -1.82. The van der Waals surface area contributed by atoms with Crippen LogP contribution in [0.3, 0.4) is 0 Å². The van der Waals surface area contributed by atoms with Crippen molar-refractivity contribution in [3.63, 3.8) is 0 Å². The standard InChI is InChI=1S/C15H18ClFN2O3/c1-2-22-15(21)19-7-3-4-10(9-19)14(20)18-13-6-5-11(16)8-12(13)17/h5-6,8,10H,2-4,7,9H2,1H3,(H,18,20). The van der Waals surface area contributed by atoms with Crippen molar-refractivity contribution in [2.45, 2.75) is 19.8 Å². The lowest BCUT2D eigenvalue weighted by Gasteiger charge is -2.31. The number of carbonyl (C=O) groups is 2. The third-order valence-corrected chi connectivity index (χ3v) is 3.74. The zero-order valence-corrected chi connectivity index (χ0v) is 13.0. The largest absolute Gasteiger partial charge is 0.450 e. The monoisotopic (exact) mass is 328 g/mol. The molecule has 22 heavy (non-hydrogen) atoms. The molecule has 1 aromatic carbocycles. The van der Waals surface area contributed by atoms with Gasteiger partial charge in [-0.1, -0.05) is 11.6 Å². The van der Waals surface area contributed by atoms with E-state index in [1.165, 1.54) is 17.0 Å². The molecular weight excluding hydrogens is 311 g/mol. The zero-order valence-electron chi connectivity index (χ0n) is 12.3. The number of hydrogen-bond acceptors (Lipinski definition) is 3. The fourth-order valence-corrected chi connectivity index (χ4v) is 2.56. The van der Waals surface area contributed by atoms with Crippen LogP contribution in [0.4, 0.5) is 14.9 Å². The van der Waals surface area contributed by atoms with Crippen LogP contribution in [0.5, 0.6) is 0 Å². The Bertz CT molecular complexity index is 568. The predicted molar refractivity (Wildman–Crippen MR) is 81.4 cm³/mol. The molecule has 7 heteroatoms. The number of likely N-dealkylation sites (tertiary alicyclic amines) is 1. The zero-order chi connectivity index (χ0) is 16.1. The van der Waals surface area contributed by atoms with Crippen molar-refractivity contribution in [2.75, 3.05) is 25.0 Å². The minimum Gasteiger partial charge on any atom is -0.450 e. The van der Waals surface area contributed by atoms with Gasteiger partial charge in [-0.15, -0.1) is 0 Å². The van der Waals surface area contributed by atoms with Gasteiger partial charge in [0.2, 0.25) is 5.91 Å². The molecule has 1 unspecified atom stereocenters. The smallest absolute Gasteiger partial charge is 0.409 e. The predicted octanol–water partition coefficient (Wildman–Crippen LogP) is 3.29. The summed E-state index contributed by atoms with van der Waals surface area (Å²) in [6, 6.07) is 4.07. The van der Waals surface area contributed by atoms with Crippen LogP contribution in [0.1, 0.15) is 19.8 Å². The Balaban J connectivity index is 1.98. The van der Waals surface area contributed by atoms with E-state index in [-0.39, 0.29) is 29.1 Å². The topological polar surface area (TPSA) is 58.6 Å². The van der Waals surface area contributed by atoms with Crippen LogP contribution in [0.2, 0.25) is 5.02 Å². The molecule has 0 radical (unpaired) electrons. The highest BCUT2D eigenvalue weighted by Gasteiger charge is 2.29. The first-order valence-electron chi connectivity index (χ1n) is 7.19. The van der Waals surface area contributed by atoms with Gasteiger partial charge in [0, 0.05) is 18.1 Å². The fourth-order valence-electron chi connectivity index (χ4n) is 2.40. The number of nitrogens with one attached hydrogen (secondary N) is 1. The average Bonchev–Trinajstić information content (AvgIpc) is 2.50. The fraction of sp³-hybridized carbons (Fsp3) is 0.467. The van der Waals surface area contributed by atoms with E-state index in [2.05, 4.69) is 5.32 Å². The first-order valence-corrected chi connectivity index (χ1v) is 7.56. The van der Waals surface area contributed by atoms with Crippen LogP contribution < -0.4 is 5.32 Å². The van der Waals surface area contributed by atoms with Gasteiger partial charge in [-0.05, 0) is 38.0 Å². The first-order chi connectivity index (χ1) is 10.5. The molecule has 0 saturated carbocycles. The lowest BCUT2D eigenvalue weighted by atomic mass is 9.97. The number of benzene rings is 1. The van der Waals surface area contributed by atoms with E-state index in [1.807, 2.05) is 0 Å². The summed E-state index contributed by atoms with van der Waals surface area (Å²) in [5, 5.41) is 2.81. The Kier molecular flexibility index (Phi) is 5.60. The molecule has 1 N–H and O–H groups in total. The van der Waals surface area contributed by atoms with Gasteiger partial charge < -0.3 is 15.0 Å². The number of hydrogen-bond donors (Lipinski definition) is 1. The summed E-state index contributed by atoms with van der Waals surface area (Å²) < 4.78 is 18.6. The molecule has 5 nitrogen and oxygen atoms in total. The third kappa shape index (κ3) is 4.10. The molecule has 2 amide bonds. The van der Waals surface area contributed by atoms with Gasteiger partial charge in [-0.2, -0.15) is 0 Å².